The minimum atomic E-state index is -0.517. The van der Waals surface area contributed by atoms with E-state index in [1.807, 2.05) is 6.07 Å². The lowest BCUT2D eigenvalue weighted by molar-refractivity contribution is -0.385. The second kappa shape index (κ2) is 10.2. The van der Waals surface area contributed by atoms with Crippen LogP contribution in [0.2, 0.25) is 0 Å². The van der Waals surface area contributed by atoms with Crippen molar-refractivity contribution in [2.24, 2.45) is 5.10 Å². The average Bonchev–Trinajstić information content (AvgIpc) is 2.65. The minimum absolute atomic E-state index is 0.0923. The van der Waals surface area contributed by atoms with Gasteiger partial charge in [0.05, 0.1) is 22.3 Å². The van der Waals surface area contributed by atoms with Crippen molar-refractivity contribution in [2.75, 3.05) is 6.54 Å². The fourth-order valence-corrected chi connectivity index (χ4v) is 2.65. The zero-order valence-corrected chi connectivity index (χ0v) is 15.8. The number of hydrogen-bond donors (Lipinski definition) is 2. The Morgan fingerprint density at radius 2 is 1.85 bits per heavy atom. The maximum Gasteiger partial charge on any atom is 0.278 e. The van der Waals surface area contributed by atoms with E-state index in [9.17, 15) is 19.7 Å². The SMILES string of the molecule is O=C(CCCNC(=O)c1ccccc1Br)N/N=C/c1ccccc1[N+](=O)[O-]. The van der Waals surface area contributed by atoms with E-state index < -0.39 is 4.92 Å². The fraction of sp³-hybridized carbons (Fsp3) is 0.167. The van der Waals surface area contributed by atoms with Gasteiger partial charge in [-0.25, -0.2) is 5.43 Å². The molecule has 27 heavy (non-hydrogen) atoms. The number of amides is 2. The lowest BCUT2D eigenvalue weighted by atomic mass is 10.2. The van der Waals surface area contributed by atoms with Crippen LogP contribution in [0, 0.1) is 10.1 Å². The van der Waals surface area contributed by atoms with Gasteiger partial charge in [0, 0.05) is 23.5 Å². The zero-order chi connectivity index (χ0) is 19.6. The van der Waals surface area contributed by atoms with Crippen LogP contribution in [0.5, 0.6) is 0 Å². The van der Waals surface area contributed by atoms with Crippen molar-refractivity contribution < 1.29 is 14.5 Å². The van der Waals surface area contributed by atoms with Crippen LogP contribution in [0.1, 0.15) is 28.8 Å². The number of nitrogens with one attached hydrogen (secondary N) is 2. The molecule has 140 valence electrons. The van der Waals surface area contributed by atoms with Gasteiger partial charge in [-0.15, -0.1) is 0 Å². The molecule has 0 aliphatic rings. The number of para-hydroxylation sites is 1. The van der Waals surface area contributed by atoms with Crippen molar-refractivity contribution >= 4 is 39.6 Å². The van der Waals surface area contributed by atoms with E-state index in [1.54, 1.807) is 30.3 Å². The smallest absolute Gasteiger partial charge is 0.278 e. The topological polar surface area (TPSA) is 114 Å². The average molecular weight is 433 g/mol. The molecule has 0 aliphatic carbocycles. The van der Waals surface area contributed by atoms with Gasteiger partial charge >= 0.3 is 0 Å². The summed E-state index contributed by atoms with van der Waals surface area (Å²) < 4.78 is 0.699. The second-order valence-electron chi connectivity index (χ2n) is 5.45. The molecule has 0 aliphatic heterocycles. The molecule has 0 fully saturated rings. The lowest BCUT2D eigenvalue weighted by Crippen LogP contribution is -2.26. The summed E-state index contributed by atoms with van der Waals surface area (Å²) >= 11 is 3.31. The predicted molar refractivity (Wildman–Crippen MR) is 105 cm³/mol. The quantitative estimate of drug-likeness (QED) is 0.288. The summed E-state index contributed by atoms with van der Waals surface area (Å²) in [6.07, 6.45) is 1.82. The summed E-state index contributed by atoms with van der Waals surface area (Å²) in [5, 5.41) is 17.4. The van der Waals surface area contributed by atoms with Crippen LogP contribution in [-0.2, 0) is 4.79 Å². The summed E-state index contributed by atoms with van der Waals surface area (Å²) in [7, 11) is 0. The number of benzene rings is 2. The summed E-state index contributed by atoms with van der Waals surface area (Å²) in [4.78, 5) is 34.1. The van der Waals surface area contributed by atoms with E-state index in [2.05, 4.69) is 31.8 Å². The van der Waals surface area contributed by atoms with Crippen LogP contribution in [-0.4, -0.2) is 29.5 Å². The Hall–Kier alpha value is -3.07. The molecular formula is C18H17BrN4O4. The van der Waals surface area contributed by atoms with Gasteiger partial charge in [0.1, 0.15) is 0 Å². The highest BCUT2D eigenvalue weighted by Gasteiger charge is 2.10. The van der Waals surface area contributed by atoms with Crippen molar-refractivity contribution in [3.63, 3.8) is 0 Å². The Labute approximate surface area is 163 Å². The molecule has 0 unspecified atom stereocenters. The Kier molecular flexibility index (Phi) is 7.63. The lowest BCUT2D eigenvalue weighted by Gasteiger charge is -2.06. The van der Waals surface area contributed by atoms with Crippen LogP contribution in [0.4, 0.5) is 5.69 Å². The molecule has 0 radical (unpaired) electrons. The summed E-state index contributed by atoms with van der Waals surface area (Å²) in [6.45, 7) is 0.335. The van der Waals surface area contributed by atoms with Crippen molar-refractivity contribution in [3.05, 3.63) is 74.2 Å². The van der Waals surface area contributed by atoms with Crippen molar-refractivity contribution in [3.8, 4) is 0 Å². The number of nitrogens with zero attached hydrogens (tertiary/aromatic N) is 2. The molecule has 0 spiro atoms. The highest BCUT2D eigenvalue weighted by molar-refractivity contribution is 9.10. The molecule has 0 atom stereocenters. The van der Waals surface area contributed by atoms with E-state index in [1.165, 1.54) is 18.3 Å². The van der Waals surface area contributed by atoms with Gasteiger partial charge in [-0.1, -0.05) is 24.3 Å². The molecule has 2 N–H and O–H groups in total. The fourth-order valence-electron chi connectivity index (χ4n) is 2.18. The zero-order valence-electron chi connectivity index (χ0n) is 14.2. The van der Waals surface area contributed by atoms with Gasteiger partial charge in [-0.2, -0.15) is 5.10 Å². The first-order valence-electron chi connectivity index (χ1n) is 8.07. The molecule has 2 rings (SSSR count). The maximum atomic E-state index is 12.0. The molecule has 0 saturated heterocycles. The van der Waals surface area contributed by atoms with Crippen molar-refractivity contribution in [1.29, 1.82) is 0 Å². The molecule has 0 saturated carbocycles. The minimum Gasteiger partial charge on any atom is -0.352 e. The van der Waals surface area contributed by atoms with Crippen LogP contribution >= 0.6 is 15.9 Å². The highest BCUT2D eigenvalue weighted by Crippen LogP contribution is 2.16. The number of nitro benzene ring substituents is 1. The number of halogens is 1. The van der Waals surface area contributed by atoms with Gasteiger partial charge in [-0.05, 0) is 40.5 Å². The van der Waals surface area contributed by atoms with Gasteiger partial charge in [0.2, 0.25) is 5.91 Å². The van der Waals surface area contributed by atoms with Gasteiger partial charge < -0.3 is 5.32 Å². The predicted octanol–water partition coefficient (Wildman–Crippen LogP) is 3.02. The normalized spacial score (nSPS) is 10.6. The maximum absolute atomic E-state index is 12.0. The third kappa shape index (κ3) is 6.30. The Bertz CT molecular complexity index is 870. The third-order valence-corrected chi connectivity index (χ3v) is 4.20. The Morgan fingerprint density at radius 3 is 2.59 bits per heavy atom. The first kappa shape index (κ1) is 20.2. The number of carbonyl (C=O) groups excluding carboxylic acids is 2. The van der Waals surface area contributed by atoms with Gasteiger partial charge in [0.25, 0.3) is 11.6 Å². The van der Waals surface area contributed by atoms with Crippen molar-refractivity contribution in [1.82, 2.24) is 10.7 Å². The molecule has 0 bridgehead atoms. The second-order valence-corrected chi connectivity index (χ2v) is 6.30. The third-order valence-electron chi connectivity index (χ3n) is 3.51. The molecular weight excluding hydrogens is 416 g/mol. The monoisotopic (exact) mass is 432 g/mol. The number of rotatable bonds is 8. The molecule has 0 aromatic heterocycles. The molecule has 8 nitrogen and oxygen atoms in total. The van der Waals surface area contributed by atoms with E-state index in [0.717, 1.165) is 0 Å². The number of carbonyl (C=O) groups is 2. The number of hydrazone groups is 1. The summed E-state index contributed by atoms with van der Waals surface area (Å²) in [5.74, 6) is -0.572. The largest absolute Gasteiger partial charge is 0.352 e. The molecule has 2 amide bonds. The van der Waals surface area contributed by atoms with Gasteiger partial charge in [0.15, 0.2) is 0 Å². The van der Waals surface area contributed by atoms with E-state index in [4.69, 9.17) is 0 Å². The molecule has 9 heteroatoms. The van der Waals surface area contributed by atoms with Crippen molar-refractivity contribution in [2.45, 2.75) is 12.8 Å². The first-order chi connectivity index (χ1) is 13.0. The number of nitro groups is 1. The van der Waals surface area contributed by atoms with E-state index in [-0.39, 0.29) is 23.9 Å². The highest BCUT2D eigenvalue weighted by atomic mass is 79.9. The first-order valence-corrected chi connectivity index (χ1v) is 8.86. The van der Waals surface area contributed by atoms with Crippen LogP contribution < -0.4 is 10.7 Å². The standard InChI is InChI=1S/C18H17BrN4O4/c19-15-8-3-2-7-14(15)18(25)20-11-5-10-17(24)22-21-12-13-6-1-4-9-16(13)23(26)27/h1-4,6-9,12H,5,10-11H2,(H,20,25)(H,22,24)/b21-12+. The van der Waals surface area contributed by atoms with Gasteiger partial charge in [-0.3, -0.25) is 19.7 Å². The van der Waals surface area contributed by atoms with E-state index in [0.29, 0.717) is 28.6 Å². The summed E-state index contributed by atoms with van der Waals surface area (Å²) in [6, 6.07) is 13.1. The number of hydrogen-bond acceptors (Lipinski definition) is 5. The van der Waals surface area contributed by atoms with Crippen LogP contribution in [0.3, 0.4) is 0 Å². The van der Waals surface area contributed by atoms with Crippen LogP contribution in [0.15, 0.2) is 58.1 Å². The summed E-state index contributed by atoms with van der Waals surface area (Å²) in [5.41, 5.74) is 3.04. The van der Waals surface area contributed by atoms with E-state index >= 15 is 0 Å². The Morgan fingerprint density at radius 1 is 1.15 bits per heavy atom. The molecule has 0 heterocycles. The molecule has 2 aromatic rings. The Balaban J connectivity index is 1.73. The molecule has 2 aromatic carbocycles. The van der Waals surface area contributed by atoms with Crippen LogP contribution in [0.25, 0.3) is 0 Å².